The van der Waals surface area contributed by atoms with Crippen LogP contribution in [0.25, 0.3) is 0 Å². The Kier molecular flexibility index (Phi) is 7.15. The van der Waals surface area contributed by atoms with E-state index in [9.17, 15) is 13.2 Å². The average Bonchev–Trinajstić information content (AvgIpc) is 3.23. The molecule has 1 aliphatic heterocycles. The zero-order valence-electron chi connectivity index (χ0n) is 16.0. The third-order valence-electron chi connectivity index (χ3n) is 4.66. The van der Waals surface area contributed by atoms with Crippen LogP contribution in [0.3, 0.4) is 0 Å². The number of ether oxygens (including phenoxy) is 2. The number of hydrogen-bond acceptors (Lipinski definition) is 5. The van der Waals surface area contributed by atoms with E-state index in [1.807, 2.05) is 0 Å². The molecule has 1 saturated heterocycles. The Labute approximate surface area is 179 Å². The summed E-state index contributed by atoms with van der Waals surface area (Å²) < 4.78 is 38.6. The minimum absolute atomic E-state index is 0.184. The fraction of sp³-hybridized carbons (Fsp3) is 0.350. The molecule has 0 aromatic heterocycles. The SMILES string of the molecule is COc1ccc(OCCNC(=O)C2CCCN2S(=O)(=O)c2ccc(Br)cc2)cc1. The number of nitrogens with one attached hydrogen (secondary N) is 1. The van der Waals surface area contributed by atoms with Gasteiger partial charge in [-0.3, -0.25) is 4.79 Å². The van der Waals surface area contributed by atoms with Gasteiger partial charge >= 0.3 is 0 Å². The van der Waals surface area contributed by atoms with E-state index in [1.54, 1.807) is 43.5 Å². The van der Waals surface area contributed by atoms with Crippen LogP contribution in [0.1, 0.15) is 12.8 Å². The lowest BCUT2D eigenvalue weighted by Gasteiger charge is -2.23. The zero-order valence-corrected chi connectivity index (χ0v) is 18.4. The number of benzene rings is 2. The van der Waals surface area contributed by atoms with Crippen molar-refractivity contribution in [3.63, 3.8) is 0 Å². The number of carbonyl (C=O) groups is 1. The fourth-order valence-electron chi connectivity index (χ4n) is 3.16. The summed E-state index contributed by atoms with van der Waals surface area (Å²) in [5, 5.41) is 2.78. The number of amides is 1. The second kappa shape index (κ2) is 9.60. The molecule has 9 heteroatoms. The van der Waals surface area contributed by atoms with Crippen molar-refractivity contribution in [2.75, 3.05) is 26.8 Å². The standard InChI is InChI=1S/C20H23BrN2O5S/c1-27-16-6-8-17(9-7-16)28-14-12-22-20(24)19-3-2-13-23(19)29(25,26)18-10-4-15(21)5-11-18/h4-11,19H,2-3,12-14H2,1H3,(H,22,24). The largest absolute Gasteiger partial charge is 0.497 e. The Morgan fingerprint density at radius 3 is 2.45 bits per heavy atom. The molecule has 1 fully saturated rings. The number of sulfonamides is 1. The monoisotopic (exact) mass is 482 g/mol. The summed E-state index contributed by atoms with van der Waals surface area (Å²) in [7, 11) is -2.13. The first-order valence-electron chi connectivity index (χ1n) is 9.24. The number of nitrogens with zero attached hydrogens (tertiary/aromatic N) is 1. The van der Waals surface area contributed by atoms with Gasteiger partial charge in [0.2, 0.25) is 15.9 Å². The third kappa shape index (κ3) is 5.29. The van der Waals surface area contributed by atoms with Crippen LogP contribution in [0.4, 0.5) is 0 Å². The van der Waals surface area contributed by atoms with Gasteiger partial charge in [-0.1, -0.05) is 15.9 Å². The van der Waals surface area contributed by atoms with E-state index in [2.05, 4.69) is 21.2 Å². The second-order valence-electron chi connectivity index (χ2n) is 6.54. The molecule has 1 amide bonds. The molecule has 2 aromatic rings. The van der Waals surface area contributed by atoms with Crippen molar-refractivity contribution in [1.82, 2.24) is 9.62 Å². The molecule has 0 spiro atoms. The molecule has 3 rings (SSSR count). The first-order valence-corrected chi connectivity index (χ1v) is 11.5. The van der Waals surface area contributed by atoms with Crippen molar-refractivity contribution in [1.29, 1.82) is 0 Å². The summed E-state index contributed by atoms with van der Waals surface area (Å²) in [6.45, 7) is 0.899. The van der Waals surface area contributed by atoms with E-state index < -0.39 is 16.1 Å². The summed E-state index contributed by atoms with van der Waals surface area (Å²) in [5.41, 5.74) is 0. The minimum atomic E-state index is -3.72. The van der Waals surface area contributed by atoms with Crippen molar-refractivity contribution >= 4 is 31.9 Å². The molecule has 7 nitrogen and oxygen atoms in total. The number of methoxy groups -OCH3 is 1. The molecule has 0 saturated carbocycles. The highest BCUT2D eigenvalue weighted by atomic mass is 79.9. The van der Waals surface area contributed by atoms with E-state index in [4.69, 9.17) is 9.47 Å². The maximum absolute atomic E-state index is 12.9. The zero-order chi connectivity index (χ0) is 20.9. The lowest BCUT2D eigenvalue weighted by molar-refractivity contribution is -0.124. The highest BCUT2D eigenvalue weighted by Gasteiger charge is 2.39. The maximum atomic E-state index is 12.9. The van der Waals surface area contributed by atoms with Crippen LogP contribution < -0.4 is 14.8 Å². The topological polar surface area (TPSA) is 84.9 Å². The van der Waals surface area contributed by atoms with Crippen molar-refractivity contribution in [3.05, 3.63) is 53.0 Å². The van der Waals surface area contributed by atoms with Crippen LogP contribution in [0, 0.1) is 0 Å². The summed E-state index contributed by atoms with van der Waals surface area (Å²) in [5.74, 6) is 1.10. The van der Waals surface area contributed by atoms with Crippen LogP contribution in [-0.4, -0.2) is 51.5 Å². The van der Waals surface area contributed by atoms with Crippen LogP contribution in [-0.2, 0) is 14.8 Å². The van der Waals surface area contributed by atoms with Gasteiger partial charge in [-0.2, -0.15) is 4.31 Å². The molecular formula is C20H23BrN2O5S. The summed E-state index contributed by atoms with van der Waals surface area (Å²) in [4.78, 5) is 12.8. The second-order valence-corrected chi connectivity index (χ2v) is 9.35. The van der Waals surface area contributed by atoms with Gasteiger partial charge in [0.05, 0.1) is 18.6 Å². The van der Waals surface area contributed by atoms with E-state index in [0.717, 1.165) is 10.2 Å². The van der Waals surface area contributed by atoms with Crippen LogP contribution in [0.2, 0.25) is 0 Å². The van der Waals surface area contributed by atoms with Gasteiger partial charge in [-0.25, -0.2) is 8.42 Å². The Balaban J connectivity index is 1.54. The Morgan fingerprint density at radius 1 is 1.14 bits per heavy atom. The van der Waals surface area contributed by atoms with Crippen molar-refractivity contribution < 1.29 is 22.7 Å². The van der Waals surface area contributed by atoms with Crippen LogP contribution >= 0.6 is 15.9 Å². The van der Waals surface area contributed by atoms with E-state index in [1.165, 1.54) is 16.4 Å². The number of halogens is 1. The summed E-state index contributed by atoms with van der Waals surface area (Å²) >= 11 is 3.30. The molecule has 0 bridgehead atoms. The molecule has 156 valence electrons. The van der Waals surface area contributed by atoms with Crippen LogP contribution in [0.15, 0.2) is 57.9 Å². The molecule has 0 aliphatic carbocycles. The lowest BCUT2D eigenvalue weighted by Crippen LogP contribution is -2.46. The fourth-order valence-corrected chi connectivity index (χ4v) is 5.09. The molecule has 1 heterocycles. The van der Waals surface area contributed by atoms with Gasteiger partial charge in [0, 0.05) is 11.0 Å². The van der Waals surface area contributed by atoms with Crippen LogP contribution in [0.5, 0.6) is 11.5 Å². The van der Waals surface area contributed by atoms with E-state index in [0.29, 0.717) is 25.1 Å². The Morgan fingerprint density at radius 2 is 1.79 bits per heavy atom. The minimum Gasteiger partial charge on any atom is -0.497 e. The van der Waals surface area contributed by atoms with Crippen molar-refractivity contribution in [2.45, 2.75) is 23.8 Å². The first kappa shape index (κ1) is 21.6. The van der Waals surface area contributed by atoms with Crippen molar-refractivity contribution in [3.8, 4) is 11.5 Å². The lowest BCUT2D eigenvalue weighted by atomic mass is 10.2. The molecule has 1 aliphatic rings. The van der Waals surface area contributed by atoms with Gasteiger partial charge in [-0.05, 0) is 61.4 Å². The highest BCUT2D eigenvalue weighted by molar-refractivity contribution is 9.10. The van der Waals surface area contributed by atoms with Gasteiger partial charge < -0.3 is 14.8 Å². The third-order valence-corrected chi connectivity index (χ3v) is 7.11. The van der Waals surface area contributed by atoms with Gasteiger partial charge in [-0.15, -0.1) is 0 Å². The smallest absolute Gasteiger partial charge is 0.243 e. The highest BCUT2D eigenvalue weighted by Crippen LogP contribution is 2.27. The van der Waals surface area contributed by atoms with Gasteiger partial charge in [0.1, 0.15) is 24.1 Å². The van der Waals surface area contributed by atoms with E-state index in [-0.39, 0.29) is 24.0 Å². The predicted octanol–water partition coefficient (Wildman–Crippen LogP) is 2.81. The number of hydrogen-bond donors (Lipinski definition) is 1. The molecule has 2 aromatic carbocycles. The van der Waals surface area contributed by atoms with Gasteiger partial charge in [0.15, 0.2) is 0 Å². The summed E-state index contributed by atoms with van der Waals surface area (Å²) in [6.07, 6.45) is 1.15. The summed E-state index contributed by atoms with van der Waals surface area (Å²) in [6, 6.07) is 12.9. The van der Waals surface area contributed by atoms with E-state index >= 15 is 0 Å². The molecule has 29 heavy (non-hydrogen) atoms. The quantitative estimate of drug-likeness (QED) is 0.584. The number of carbonyl (C=O) groups excluding carboxylic acids is 1. The average molecular weight is 483 g/mol. The first-order chi connectivity index (χ1) is 13.9. The maximum Gasteiger partial charge on any atom is 0.243 e. The number of rotatable bonds is 8. The van der Waals surface area contributed by atoms with Crippen molar-refractivity contribution in [2.24, 2.45) is 0 Å². The predicted molar refractivity (Wildman–Crippen MR) is 113 cm³/mol. The molecule has 1 unspecified atom stereocenters. The molecule has 0 radical (unpaired) electrons. The normalized spacial score (nSPS) is 17.1. The molecule has 1 atom stereocenters. The molecular weight excluding hydrogens is 460 g/mol. The van der Waals surface area contributed by atoms with Gasteiger partial charge in [0.25, 0.3) is 0 Å². The Bertz CT molecular complexity index is 932. The molecule has 1 N–H and O–H groups in total. The Hall–Kier alpha value is -2.10.